The summed E-state index contributed by atoms with van der Waals surface area (Å²) in [6.45, 7) is 4.33. The standard InChI is InChI=1S/C13H16N2O/c1-9-3-4-11(7-10(9)2)12-8-14-13(15-12)5-6-16/h3-4,7-8,16H,5-6H2,1-2H3,(H,14,15). The molecule has 0 aliphatic rings. The molecule has 2 aromatic rings. The maximum absolute atomic E-state index is 8.82. The predicted molar refractivity (Wildman–Crippen MR) is 64.3 cm³/mol. The Morgan fingerprint density at radius 2 is 2.06 bits per heavy atom. The smallest absolute Gasteiger partial charge is 0.108 e. The van der Waals surface area contributed by atoms with Gasteiger partial charge in [-0.25, -0.2) is 4.98 Å². The molecule has 2 N–H and O–H groups in total. The molecule has 0 bridgehead atoms. The number of benzene rings is 1. The van der Waals surface area contributed by atoms with Gasteiger partial charge in [0.25, 0.3) is 0 Å². The molecular formula is C13H16N2O. The molecule has 0 spiro atoms. The lowest BCUT2D eigenvalue weighted by molar-refractivity contribution is 0.297. The molecule has 0 amide bonds. The molecule has 3 heteroatoms. The Kier molecular flexibility index (Phi) is 3.06. The number of imidazole rings is 1. The van der Waals surface area contributed by atoms with Crippen LogP contribution in [0, 0.1) is 13.8 Å². The van der Waals surface area contributed by atoms with Crippen molar-refractivity contribution >= 4 is 0 Å². The normalized spacial score (nSPS) is 10.7. The number of hydrogen-bond donors (Lipinski definition) is 2. The van der Waals surface area contributed by atoms with Gasteiger partial charge >= 0.3 is 0 Å². The Bertz CT molecular complexity index is 488. The fraction of sp³-hybridized carbons (Fsp3) is 0.308. The summed E-state index contributed by atoms with van der Waals surface area (Å²) >= 11 is 0. The van der Waals surface area contributed by atoms with Gasteiger partial charge in [0.15, 0.2) is 0 Å². The van der Waals surface area contributed by atoms with Crippen molar-refractivity contribution in [3.63, 3.8) is 0 Å². The van der Waals surface area contributed by atoms with E-state index < -0.39 is 0 Å². The Morgan fingerprint density at radius 3 is 2.75 bits per heavy atom. The maximum atomic E-state index is 8.82. The molecule has 1 aromatic carbocycles. The summed E-state index contributed by atoms with van der Waals surface area (Å²) in [6, 6.07) is 6.33. The number of nitrogens with zero attached hydrogens (tertiary/aromatic N) is 1. The fourth-order valence-electron chi connectivity index (χ4n) is 1.65. The van der Waals surface area contributed by atoms with Crippen LogP contribution in [0.4, 0.5) is 0 Å². The van der Waals surface area contributed by atoms with Crippen LogP contribution in [0.3, 0.4) is 0 Å². The van der Waals surface area contributed by atoms with Gasteiger partial charge in [0.1, 0.15) is 5.82 Å². The van der Waals surface area contributed by atoms with E-state index >= 15 is 0 Å². The van der Waals surface area contributed by atoms with E-state index in [0.717, 1.165) is 17.1 Å². The second-order valence-corrected chi connectivity index (χ2v) is 4.02. The Labute approximate surface area is 95.2 Å². The number of aryl methyl sites for hydroxylation is 2. The molecule has 84 valence electrons. The zero-order valence-corrected chi connectivity index (χ0v) is 9.62. The van der Waals surface area contributed by atoms with Crippen LogP contribution in [-0.2, 0) is 6.42 Å². The highest BCUT2D eigenvalue weighted by molar-refractivity contribution is 5.60. The van der Waals surface area contributed by atoms with E-state index in [9.17, 15) is 0 Å². The first kappa shape index (κ1) is 10.9. The van der Waals surface area contributed by atoms with Crippen LogP contribution in [0.15, 0.2) is 24.4 Å². The van der Waals surface area contributed by atoms with Gasteiger partial charge in [0.05, 0.1) is 18.5 Å². The molecule has 0 fully saturated rings. The summed E-state index contributed by atoms with van der Waals surface area (Å²) in [7, 11) is 0. The van der Waals surface area contributed by atoms with Crippen molar-refractivity contribution in [3.05, 3.63) is 41.3 Å². The molecule has 0 radical (unpaired) electrons. The number of nitrogens with one attached hydrogen (secondary N) is 1. The van der Waals surface area contributed by atoms with Gasteiger partial charge in [-0.1, -0.05) is 12.1 Å². The van der Waals surface area contributed by atoms with Crippen LogP contribution < -0.4 is 0 Å². The number of aromatic amines is 1. The van der Waals surface area contributed by atoms with E-state index in [-0.39, 0.29) is 6.61 Å². The maximum Gasteiger partial charge on any atom is 0.108 e. The van der Waals surface area contributed by atoms with Crippen molar-refractivity contribution in [1.82, 2.24) is 9.97 Å². The first-order chi connectivity index (χ1) is 7.70. The molecule has 0 atom stereocenters. The SMILES string of the molecule is Cc1ccc(-c2cnc(CCO)[nH]2)cc1C. The number of rotatable bonds is 3. The molecule has 2 rings (SSSR count). The summed E-state index contributed by atoms with van der Waals surface area (Å²) in [5.74, 6) is 0.829. The zero-order valence-electron chi connectivity index (χ0n) is 9.62. The van der Waals surface area contributed by atoms with E-state index in [1.165, 1.54) is 11.1 Å². The summed E-state index contributed by atoms with van der Waals surface area (Å²) in [5, 5.41) is 8.82. The largest absolute Gasteiger partial charge is 0.396 e. The molecule has 1 aromatic heterocycles. The highest BCUT2D eigenvalue weighted by atomic mass is 16.3. The Balaban J connectivity index is 2.31. The molecular weight excluding hydrogens is 200 g/mol. The van der Waals surface area contributed by atoms with Crippen LogP contribution in [0.25, 0.3) is 11.3 Å². The zero-order chi connectivity index (χ0) is 11.5. The average Bonchev–Trinajstić information content (AvgIpc) is 2.71. The van der Waals surface area contributed by atoms with Crippen LogP contribution in [0.5, 0.6) is 0 Å². The summed E-state index contributed by atoms with van der Waals surface area (Å²) in [4.78, 5) is 7.42. The van der Waals surface area contributed by atoms with Crippen molar-refractivity contribution in [3.8, 4) is 11.3 Å². The molecule has 0 aliphatic carbocycles. The average molecular weight is 216 g/mol. The Morgan fingerprint density at radius 1 is 1.25 bits per heavy atom. The number of hydrogen-bond acceptors (Lipinski definition) is 2. The van der Waals surface area contributed by atoms with Gasteiger partial charge in [0.2, 0.25) is 0 Å². The van der Waals surface area contributed by atoms with E-state index in [2.05, 4.69) is 42.0 Å². The summed E-state index contributed by atoms with van der Waals surface area (Å²) < 4.78 is 0. The second kappa shape index (κ2) is 4.49. The van der Waals surface area contributed by atoms with Crippen molar-refractivity contribution in [1.29, 1.82) is 0 Å². The predicted octanol–water partition coefficient (Wildman–Crippen LogP) is 2.23. The number of aliphatic hydroxyl groups excluding tert-OH is 1. The minimum absolute atomic E-state index is 0.125. The van der Waals surface area contributed by atoms with Crippen LogP contribution in [0.2, 0.25) is 0 Å². The summed E-state index contributed by atoms with van der Waals surface area (Å²) in [5.41, 5.74) is 4.71. The van der Waals surface area contributed by atoms with Gasteiger partial charge in [-0.15, -0.1) is 0 Å². The van der Waals surface area contributed by atoms with E-state index in [1.807, 2.05) is 6.20 Å². The highest BCUT2D eigenvalue weighted by Crippen LogP contribution is 2.20. The van der Waals surface area contributed by atoms with Gasteiger partial charge in [0, 0.05) is 6.42 Å². The first-order valence-electron chi connectivity index (χ1n) is 5.43. The lowest BCUT2D eigenvalue weighted by Gasteiger charge is -2.02. The highest BCUT2D eigenvalue weighted by Gasteiger charge is 2.03. The molecule has 0 saturated carbocycles. The number of aliphatic hydroxyl groups is 1. The van der Waals surface area contributed by atoms with Crippen molar-refractivity contribution in [2.75, 3.05) is 6.61 Å². The third kappa shape index (κ3) is 2.14. The fourth-order valence-corrected chi connectivity index (χ4v) is 1.65. The number of aromatic nitrogens is 2. The van der Waals surface area contributed by atoms with E-state index in [4.69, 9.17) is 5.11 Å². The number of H-pyrrole nitrogens is 1. The van der Waals surface area contributed by atoms with Gasteiger partial charge in [-0.2, -0.15) is 0 Å². The topological polar surface area (TPSA) is 48.9 Å². The van der Waals surface area contributed by atoms with Gasteiger partial charge in [-0.3, -0.25) is 0 Å². The van der Waals surface area contributed by atoms with E-state index in [0.29, 0.717) is 6.42 Å². The van der Waals surface area contributed by atoms with Gasteiger partial charge < -0.3 is 10.1 Å². The second-order valence-electron chi connectivity index (χ2n) is 4.02. The first-order valence-corrected chi connectivity index (χ1v) is 5.43. The van der Waals surface area contributed by atoms with E-state index in [1.54, 1.807) is 0 Å². The minimum atomic E-state index is 0.125. The minimum Gasteiger partial charge on any atom is -0.396 e. The molecule has 1 heterocycles. The summed E-state index contributed by atoms with van der Waals surface area (Å²) in [6.07, 6.45) is 2.39. The van der Waals surface area contributed by atoms with Crippen molar-refractivity contribution < 1.29 is 5.11 Å². The van der Waals surface area contributed by atoms with Crippen LogP contribution in [0.1, 0.15) is 17.0 Å². The van der Waals surface area contributed by atoms with Crippen molar-refractivity contribution in [2.45, 2.75) is 20.3 Å². The molecule has 16 heavy (non-hydrogen) atoms. The molecule has 3 nitrogen and oxygen atoms in total. The molecule has 0 aliphatic heterocycles. The molecule has 0 saturated heterocycles. The Hall–Kier alpha value is -1.61. The van der Waals surface area contributed by atoms with Crippen LogP contribution in [-0.4, -0.2) is 21.7 Å². The third-order valence-electron chi connectivity index (χ3n) is 2.79. The lowest BCUT2D eigenvalue weighted by atomic mass is 10.1. The van der Waals surface area contributed by atoms with Gasteiger partial charge in [-0.05, 0) is 36.6 Å². The third-order valence-corrected chi connectivity index (χ3v) is 2.79. The van der Waals surface area contributed by atoms with Crippen molar-refractivity contribution in [2.24, 2.45) is 0 Å². The molecule has 0 unspecified atom stereocenters. The lowest BCUT2D eigenvalue weighted by Crippen LogP contribution is -1.92. The van der Waals surface area contributed by atoms with Crippen LogP contribution >= 0.6 is 0 Å². The quantitative estimate of drug-likeness (QED) is 0.826. The monoisotopic (exact) mass is 216 g/mol.